The van der Waals surface area contributed by atoms with Crippen molar-refractivity contribution in [2.75, 3.05) is 5.32 Å². The first-order valence-corrected chi connectivity index (χ1v) is 6.07. The summed E-state index contributed by atoms with van der Waals surface area (Å²) in [5.41, 5.74) is -0.276. The molecular weight excluding hydrogens is 228 g/mol. The lowest BCUT2D eigenvalue weighted by molar-refractivity contribution is -0.123. The molecule has 4 nitrogen and oxygen atoms in total. The average molecular weight is 250 g/mol. The fraction of sp³-hybridized carbons (Fsp3) is 0.571. The Hall–Kier alpha value is -1.42. The van der Waals surface area contributed by atoms with Crippen LogP contribution in [0.4, 0.5) is 5.82 Å². The van der Waals surface area contributed by atoms with Crippen molar-refractivity contribution in [3.05, 3.63) is 23.9 Å². The molecule has 1 rings (SSSR count). The summed E-state index contributed by atoms with van der Waals surface area (Å²) in [6.45, 7) is 9.05. The minimum Gasteiger partial charge on any atom is -0.390 e. The molecule has 4 heteroatoms. The predicted octanol–water partition coefficient (Wildman–Crippen LogP) is 2.38. The number of nitrogens with zero attached hydrogens (tertiary/aromatic N) is 1. The lowest BCUT2D eigenvalue weighted by atomic mass is 9.95. The number of aromatic nitrogens is 1. The van der Waals surface area contributed by atoms with Crippen LogP contribution in [-0.4, -0.2) is 21.6 Å². The lowest BCUT2D eigenvalue weighted by Crippen LogP contribution is -2.28. The van der Waals surface area contributed by atoms with Crippen LogP contribution in [0.25, 0.3) is 0 Å². The van der Waals surface area contributed by atoms with Crippen molar-refractivity contribution in [1.82, 2.24) is 4.98 Å². The van der Waals surface area contributed by atoms with E-state index in [9.17, 15) is 9.90 Å². The third-order valence-corrected chi connectivity index (χ3v) is 2.38. The van der Waals surface area contributed by atoms with Gasteiger partial charge in [-0.3, -0.25) is 4.79 Å². The quantitative estimate of drug-likeness (QED) is 0.865. The number of amides is 1. The number of carbonyl (C=O) groups excluding carboxylic acids is 1. The molecule has 0 aliphatic heterocycles. The van der Waals surface area contributed by atoms with E-state index in [-0.39, 0.29) is 5.91 Å². The maximum Gasteiger partial charge on any atom is 0.230 e. The summed E-state index contributed by atoms with van der Waals surface area (Å²) in [7, 11) is 0. The van der Waals surface area contributed by atoms with Crippen molar-refractivity contribution >= 4 is 11.7 Å². The first-order chi connectivity index (χ1) is 8.08. The summed E-state index contributed by atoms with van der Waals surface area (Å²) in [6.07, 6.45) is 2.16. The molecule has 0 aromatic carbocycles. The second-order valence-electron chi connectivity index (χ2n) is 6.24. The zero-order valence-electron chi connectivity index (χ0n) is 11.7. The Labute approximate surface area is 108 Å². The number of anilines is 1. The van der Waals surface area contributed by atoms with Gasteiger partial charge in [0.05, 0.1) is 5.60 Å². The molecule has 0 saturated carbocycles. The minimum absolute atomic E-state index is 0.0737. The topological polar surface area (TPSA) is 62.2 Å². The Morgan fingerprint density at radius 2 is 1.94 bits per heavy atom. The molecule has 0 fully saturated rings. The summed E-state index contributed by atoms with van der Waals surface area (Å²) < 4.78 is 0. The molecule has 18 heavy (non-hydrogen) atoms. The van der Waals surface area contributed by atoms with E-state index in [1.165, 1.54) is 0 Å². The van der Waals surface area contributed by atoms with Gasteiger partial charge in [0.25, 0.3) is 0 Å². The molecule has 100 valence electrons. The highest BCUT2D eigenvalue weighted by Crippen LogP contribution is 2.18. The molecule has 0 atom stereocenters. The van der Waals surface area contributed by atoms with Crippen LogP contribution >= 0.6 is 0 Å². The second-order valence-corrected chi connectivity index (χ2v) is 6.24. The number of nitrogens with one attached hydrogen (secondary N) is 1. The molecule has 0 bridgehead atoms. The number of pyridine rings is 1. The van der Waals surface area contributed by atoms with E-state index >= 15 is 0 Å². The van der Waals surface area contributed by atoms with Gasteiger partial charge in [0, 0.05) is 18.0 Å². The molecule has 0 spiro atoms. The average Bonchev–Trinajstić information content (AvgIpc) is 2.13. The van der Waals surface area contributed by atoms with Gasteiger partial charge in [0.15, 0.2) is 0 Å². The number of hydrogen-bond donors (Lipinski definition) is 2. The van der Waals surface area contributed by atoms with E-state index in [2.05, 4.69) is 10.3 Å². The summed E-state index contributed by atoms with van der Waals surface area (Å²) in [4.78, 5) is 15.9. The van der Waals surface area contributed by atoms with Crippen molar-refractivity contribution in [1.29, 1.82) is 0 Å². The molecular formula is C14H22N2O2. The Morgan fingerprint density at radius 1 is 1.33 bits per heavy atom. The van der Waals surface area contributed by atoms with Crippen LogP contribution in [0.2, 0.25) is 0 Å². The van der Waals surface area contributed by atoms with Gasteiger partial charge in [-0.05, 0) is 31.5 Å². The zero-order valence-corrected chi connectivity index (χ0v) is 11.7. The third-order valence-electron chi connectivity index (χ3n) is 2.38. The number of aliphatic hydroxyl groups is 1. The van der Waals surface area contributed by atoms with E-state index in [0.29, 0.717) is 12.2 Å². The standard InChI is InChI=1S/C14H22N2O2/c1-13(2,3)12(17)16-11-8-10(6-7-15-11)9-14(4,5)18/h6-8,18H,9H2,1-5H3,(H,15,16,17). The van der Waals surface area contributed by atoms with Crippen LogP contribution in [0.5, 0.6) is 0 Å². The molecule has 0 unspecified atom stereocenters. The maximum atomic E-state index is 11.8. The summed E-state index contributed by atoms with van der Waals surface area (Å²) >= 11 is 0. The Balaban J connectivity index is 2.80. The highest BCUT2D eigenvalue weighted by atomic mass is 16.3. The van der Waals surface area contributed by atoms with Gasteiger partial charge in [0.2, 0.25) is 5.91 Å². The summed E-state index contributed by atoms with van der Waals surface area (Å²) in [5, 5.41) is 12.5. The van der Waals surface area contributed by atoms with Crippen LogP contribution in [0.1, 0.15) is 40.2 Å². The molecule has 1 aromatic rings. The van der Waals surface area contributed by atoms with E-state index in [0.717, 1.165) is 5.56 Å². The number of carbonyl (C=O) groups is 1. The van der Waals surface area contributed by atoms with Gasteiger partial charge in [-0.15, -0.1) is 0 Å². The van der Waals surface area contributed by atoms with Gasteiger partial charge in [-0.2, -0.15) is 0 Å². The second kappa shape index (κ2) is 5.06. The highest BCUT2D eigenvalue weighted by molar-refractivity contribution is 5.93. The fourth-order valence-corrected chi connectivity index (χ4v) is 1.46. The lowest BCUT2D eigenvalue weighted by Gasteiger charge is -2.19. The molecule has 0 radical (unpaired) electrons. The van der Waals surface area contributed by atoms with Gasteiger partial charge in [-0.25, -0.2) is 4.98 Å². The predicted molar refractivity (Wildman–Crippen MR) is 72.3 cm³/mol. The molecule has 1 heterocycles. The molecule has 0 aliphatic rings. The van der Waals surface area contributed by atoms with Crippen molar-refractivity contribution in [2.45, 2.75) is 46.6 Å². The monoisotopic (exact) mass is 250 g/mol. The van der Waals surface area contributed by atoms with Crippen LogP contribution < -0.4 is 5.32 Å². The van der Waals surface area contributed by atoms with Crippen LogP contribution in [-0.2, 0) is 11.2 Å². The van der Waals surface area contributed by atoms with Crippen molar-refractivity contribution in [2.24, 2.45) is 5.41 Å². The minimum atomic E-state index is -0.771. The SMILES string of the molecule is CC(C)(O)Cc1ccnc(NC(=O)C(C)(C)C)c1. The molecule has 0 saturated heterocycles. The molecule has 0 aliphatic carbocycles. The maximum absolute atomic E-state index is 11.8. The Kier molecular flexibility index (Phi) is 4.12. The first kappa shape index (κ1) is 14.6. The van der Waals surface area contributed by atoms with Gasteiger partial charge in [0.1, 0.15) is 5.82 Å². The largest absolute Gasteiger partial charge is 0.390 e. The van der Waals surface area contributed by atoms with Gasteiger partial charge >= 0.3 is 0 Å². The molecule has 2 N–H and O–H groups in total. The normalized spacial score (nSPS) is 12.3. The third kappa shape index (κ3) is 4.84. The van der Waals surface area contributed by atoms with Gasteiger partial charge < -0.3 is 10.4 Å². The van der Waals surface area contributed by atoms with E-state index in [4.69, 9.17) is 0 Å². The molecule has 1 amide bonds. The van der Waals surface area contributed by atoms with E-state index in [1.807, 2.05) is 26.8 Å². The Morgan fingerprint density at radius 3 is 2.44 bits per heavy atom. The fourth-order valence-electron chi connectivity index (χ4n) is 1.46. The van der Waals surface area contributed by atoms with E-state index in [1.54, 1.807) is 26.1 Å². The molecule has 1 aromatic heterocycles. The van der Waals surface area contributed by atoms with Crippen LogP contribution in [0.15, 0.2) is 18.3 Å². The van der Waals surface area contributed by atoms with Crippen molar-refractivity contribution in [3.8, 4) is 0 Å². The number of hydrogen-bond acceptors (Lipinski definition) is 3. The van der Waals surface area contributed by atoms with Crippen LogP contribution in [0, 0.1) is 5.41 Å². The van der Waals surface area contributed by atoms with E-state index < -0.39 is 11.0 Å². The van der Waals surface area contributed by atoms with Crippen molar-refractivity contribution in [3.63, 3.8) is 0 Å². The summed E-state index contributed by atoms with van der Waals surface area (Å²) in [6, 6.07) is 3.63. The van der Waals surface area contributed by atoms with Gasteiger partial charge in [-0.1, -0.05) is 20.8 Å². The highest BCUT2D eigenvalue weighted by Gasteiger charge is 2.21. The number of rotatable bonds is 3. The summed E-state index contributed by atoms with van der Waals surface area (Å²) in [5.74, 6) is 0.451. The van der Waals surface area contributed by atoms with Crippen molar-refractivity contribution < 1.29 is 9.90 Å². The Bertz CT molecular complexity index is 428. The smallest absolute Gasteiger partial charge is 0.230 e. The first-order valence-electron chi connectivity index (χ1n) is 6.07. The van der Waals surface area contributed by atoms with Crippen LogP contribution in [0.3, 0.4) is 0 Å². The zero-order chi connectivity index (χ0) is 14.0.